The quantitative estimate of drug-likeness (QED) is 0.659. The van der Waals surface area contributed by atoms with Gasteiger partial charge in [0.2, 0.25) is 0 Å². The zero-order valence-corrected chi connectivity index (χ0v) is 13.7. The van der Waals surface area contributed by atoms with Crippen molar-refractivity contribution in [3.05, 3.63) is 60.2 Å². The van der Waals surface area contributed by atoms with Gasteiger partial charge < -0.3 is 5.32 Å². The molecule has 0 aliphatic heterocycles. The number of pyridine rings is 1. The van der Waals surface area contributed by atoms with Crippen molar-refractivity contribution in [2.45, 2.75) is 20.4 Å². The van der Waals surface area contributed by atoms with Crippen molar-refractivity contribution in [3.8, 4) is 0 Å². The molecular weight excluding hydrogens is 279 g/mol. The van der Waals surface area contributed by atoms with Gasteiger partial charge >= 0.3 is 0 Å². The van der Waals surface area contributed by atoms with Crippen LogP contribution in [0.3, 0.4) is 0 Å². The lowest BCUT2D eigenvalue weighted by atomic mass is 10.3. The highest BCUT2D eigenvalue weighted by Gasteiger charge is 2.09. The van der Waals surface area contributed by atoms with Crippen LogP contribution in [-0.2, 0) is 6.54 Å². The van der Waals surface area contributed by atoms with E-state index >= 15 is 0 Å². The van der Waals surface area contributed by atoms with Crippen LogP contribution < -0.4 is 10.6 Å². The molecule has 4 nitrogen and oxygen atoms in total. The van der Waals surface area contributed by atoms with Gasteiger partial charge in [-0.2, -0.15) is 5.10 Å². The summed E-state index contributed by atoms with van der Waals surface area (Å²) in [7, 11) is 0.743. The summed E-state index contributed by atoms with van der Waals surface area (Å²) in [6.45, 7) is 10.9. The zero-order chi connectivity index (χ0) is 15.2. The molecule has 0 spiro atoms. The minimum absolute atomic E-state index is 0.704. The molecule has 0 fully saturated rings. The zero-order valence-electron chi connectivity index (χ0n) is 12.7. The summed E-state index contributed by atoms with van der Waals surface area (Å²) in [5, 5.41) is 9.20. The fourth-order valence-electron chi connectivity index (χ4n) is 2.01. The van der Waals surface area contributed by atoms with Gasteiger partial charge in [-0.05, 0) is 38.2 Å². The minimum atomic E-state index is 0.704. The lowest BCUT2D eigenvalue weighted by Crippen LogP contribution is -2.19. The lowest BCUT2D eigenvalue weighted by Gasteiger charge is -2.13. The predicted molar refractivity (Wildman–Crippen MR) is 91.0 cm³/mol. The maximum atomic E-state index is 4.49. The van der Waals surface area contributed by atoms with Crippen LogP contribution in [-0.4, -0.2) is 21.4 Å². The molecule has 0 aliphatic carbocycles. The Morgan fingerprint density at radius 1 is 1.48 bits per heavy atom. The van der Waals surface area contributed by atoms with Gasteiger partial charge in [0.25, 0.3) is 0 Å². The maximum absolute atomic E-state index is 4.49. The highest BCUT2D eigenvalue weighted by atomic mass is 31.1. The van der Waals surface area contributed by atoms with Gasteiger partial charge in [0.15, 0.2) is 0 Å². The Morgan fingerprint density at radius 3 is 2.86 bits per heavy atom. The monoisotopic (exact) mass is 300 g/mol. The summed E-state index contributed by atoms with van der Waals surface area (Å²) >= 11 is 0. The van der Waals surface area contributed by atoms with E-state index in [4.69, 9.17) is 0 Å². The largest absolute Gasteiger partial charge is 0.366 e. The van der Waals surface area contributed by atoms with E-state index in [-0.39, 0.29) is 0 Å². The molecule has 0 aliphatic rings. The van der Waals surface area contributed by atoms with Gasteiger partial charge in [-0.3, -0.25) is 4.98 Å². The van der Waals surface area contributed by atoms with Crippen molar-refractivity contribution in [2.24, 2.45) is 0 Å². The summed E-state index contributed by atoms with van der Waals surface area (Å²) in [5.41, 5.74) is 3.29. The lowest BCUT2D eigenvalue weighted by molar-refractivity contribution is 0.754. The molecule has 5 heteroatoms. The Balaban J connectivity index is 2.23. The van der Waals surface area contributed by atoms with Gasteiger partial charge in [0.05, 0.1) is 11.9 Å². The molecule has 2 rings (SSSR count). The van der Waals surface area contributed by atoms with E-state index < -0.39 is 0 Å². The molecule has 110 valence electrons. The average Bonchev–Trinajstić information content (AvgIpc) is 2.85. The van der Waals surface area contributed by atoms with E-state index in [9.17, 15) is 0 Å². The normalized spacial score (nSPS) is 12.0. The van der Waals surface area contributed by atoms with Crippen LogP contribution >= 0.6 is 8.58 Å². The van der Waals surface area contributed by atoms with E-state index in [1.165, 1.54) is 11.0 Å². The van der Waals surface area contributed by atoms with Gasteiger partial charge in [-0.25, -0.2) is 4.68 Å². The van der Waals surface area contributed by atoms with Crippen LogP contribution in [0.2, 0.25) is 0 Å². The summed E-state index contributed by atoms with van der Waals surface area (Å²) in [4.78, 5) is 4.13. The van der Waals surface area contributed by atoms with Crippen molar-refractivity contribution in [3.63, 3.8) is 0 Å². The van der Waals surface area contributed by atoms with Crippen LogP contribution in [0.1, 0.15) is 18.2 Å². The summed E-state index contributed by atoms with van der Waals surface area (Å²) in [6, 6.07) is 3.99. The van der Waals surface area contributed by atoms with E-state index in [1.807, 2.05) is 42.2 Å². The van der Waals surface area contributed by atoms with E-state index in [1.54, 1.807) is 6.20 Å². The molecular formula is C16H21N4P. The van der Waals surface area contributed by atoms with E-state index in [0.717, 1.165) is 25.5 Å². The van der Waals surface area contributed by atoms with Crippen molar-refractivity contribution in [2.75, 3.05) is 6.66 Å². The number of hydrogen-bond acceptors (Lipinski definition) is 3. The molecule has 0 radical (unpaired) electrons. The van der Waals surface area contributed by atoms with Gasteiger partial charge in [-0.1, -0.05) is 26.8 Å². The average molecular weight is 300 g/mol. The Kier molecular flexibility index (Phi) is 5.29. The first-order chi connectivity index (χ1) is 10.1. The second-order valence-electron chi connectivity index (χ2n) is 4.90. The minimum Gasteiger partial charge on any atom is -0.366 e. The Labute approximate surface area is 127 Å². The van der Waals surface area contributed by atoms with Gasteiger partial charge in [0.1, 0.15) is 5.82 Å². The molecule has 0 amide bonds. The first kappa shape index (κ1) is 15.5. The number of nitrogens with zero attached hydrogens (tertiary/aromatic N) is 3. The number of rotatable bonds is 6. The second kappa shape index (κ2) is 7.19. The van der Waals surface area contributed by atoms with Crippen LogP contribution in [0.5, 0.6) is 0 Å². The molecule has 1 atom stereocenters. The summed E-state index contributed by atoms with van der Waals surface area (Å²) < 4.78 is 1.94. The third kappa shape index (κ3) is 4.02. The standard InChI is InChI=1S/C16H21N4P/c1-12(2)8-16(18-10-14-6-5-7-17-9-14)20-13(3)15(21-4)11-19-20/h5-9,11,18,21H,1,10H2,2-4H3/b16-8-. The number of nitrogens with one attached hydrogen (secondary N) is 1. The van der Waals surface area contributed by atoms with Crippen molar-refractivity contribution >= 4 is 19.7 Å². The van der Waals surface area contributed by atoms with E-state index in [2.05, 4.69) is 35.6 Å². The van der Waals surface area contributed by atoms with Crippen molar-refractivity contribution in [1.82, 2.24) is 20.1 Å². The van der Waals surface area contributed by atoms with Crippen LogP contribution in [0.15, 0.2) is 49.0 Å². The molecule has 0 saturated carbocycles. The highest BCUT2D eigenvalue weighted by Crippen LogP contribution is 2.13. The Bertz CT molecular complexity index is 644. The third-order valence-electron chi connectivity index (χ3n) is 3.09. The molecule has 0 saturated heterocycles. The van der Waals surface area contributed by atoms with Crippen molar-refractivity contribution in [1.29, 1.82) is 0 Å². The van der Waals surface area contributed by atoms with Crippen LogP contribution in [0.4, 0.5) is 0 Å². The SMILES string of the molecule is C=C(C)/C=C(/NCc1cccnc1)n1ncc(PC)c1C. The van der Waals surface area contributed by atoms with Crippen molar-refractivity contribution < 1.29 is 0 Å². The van der Waals surface area contributed by atoms with Crippen LogP contribution in [0.25, 0.3) is 5.82 Å². The summed E-state index contributed by atoms with van der Waals surface area (Å²) in [5.74, 6) is 0.938. The number of allylic oxidation sites excluding steroid dienone is 2. The fourth-order valence-corrected chi connectivity index (χ4v) is 2.67. The molecule has 21 heavy (non-hydrogen) atoms. The van der Waals surface area contributed by atoms with E-state index in [0.29, 0.717) is 6.54 Å². The summed E-state index contributed by atoms with van der Waals surface area (Å²) in [6.07, 6.45) is 7.59. The predicted octanol–water partition coefficient (Wildman–Crippen LogP) is 2.68. The molecule has 1 N–H and O–H groups in total. The molecule has 0 bridgehead atoms. The maximum Gasteiger partial charge on any atom is 0.128 e. The first-order valence-corrected chi connectivity index (χ1v) is 8.34. The Hall–Kier alpha value is -1.93. The molecule has 2 heterocycles. The number of hydrogen-bond donors (Lipinski definition) is 1. The topological polar surface area (TPSA) is 42.7 Å². The highest BCUT2D eigenvalue weighted by molar-refractivity contribution is 7.46. The van der Waals surface area contributed by atoms with Gasteiger partial charge in [0, 0.05) is 24.2 Å². The fraction of sp³-hybridized carbons (Fsp3) is 0.250. The molecule has 1 unspecified atom stereocenters. The third-order valence-corrected chi connectivity index (χ3v) is 4.12. The number of aromatic nitrogens is 3. The van der Waals surface area contributed by atoms with Crippen LogP contribution in [0, 0.1) is 6.92 Å². The molecule has 2 aromatic heterocycles. The second-order valence-corrected chi connectivity index (χ2v) is 5.93. The smallest absolute Gasteiger partial charge is 0.128 e. The first-order valence-electron chi connectivity index (χ1n) is 6.84. The van der Waals surface area contributed by atoms with Gasteiger partial charge in [-0.15, -0.1) is 0 Å². The Morgan fingerprint density at radius 2 is 2.29 bits per heavy atom. The molecule has 2 aromatic rings. The molecule has 0 aromatic carbocycles.